The Hall–Kier alpha value is -0.510. The molecule has 17 heavy (non-hydrogen) atoms. The lowest BCUT2D eigenvalue weighted by atomic mass is 10.0. The maximum Gasteiger partial charge on any atom is 0.0471 e. The molecule has 2 rings (SSSR count). The average molecular weight is 250 g/mol. The topological polar surface area (TPSA) is 29.3 Å². The van der Waals surface area contributed by atoms with Gasteiger partial charge in [-0.2, -0.15) is 11.8 Å². The van der Waals surface area contributed by atoms with Gasteiger partial charge in [-0.3, -0.25) is 4.90 Å². The highest BCUT2D eigenvalue weighted by Gasteiger charge is 2.30. The minimum absolute atomic E-state index is 0.348. The summed E-state index contributed by atoms with van der Waals surface area (Å²) < 4.78 is 0.348. The molecular formula is C14H22N2S. The van der Waals surface area contributed by atoms with Gasteiger partial charge < -0.3 is 5.73 Å². The smallest absolute Gasteiger partial charge is 0.0471 e. The summed E-state index contributed by atoms with van der Waals surface area (Å²) in [5.41, 5.74) is 7.32. The normalized spacial score (nSPS) is 22.3. The molecule has 0 spiro atoms. The van der Waals surface area contributed by atoms with Gasteiger partial charge in [-0.25, -0.2) is 0 Å². The zero-order valence-electron chi connectivity index (χ0n) is 10.7. The molecule has 1 aromatic rings. The number of thioether (sulfide) groups is 1. The van der Waals surface area contributed by atoms with E-state index in [1.54, 1.807) is 0 Å². The summed E-state index contributed by atoms with van der Waals surface area (Å²) >= 11 is 2.06. The second-order valence-corrected chi connectivity index (χ2v) is 7.04. The monoisotopic (exact) mass is 250 g/mol. The molecule has 1 heterocycles. The van der Waals surface area contributed by atoms with Gasteiger partial charge >= 0.3 is 0 Å². The molecule has 1 atom stereocenters. The van der Waals surface area contributed by atoms with Gasteiger partial charge in [0, 0.05) is 36.2 Å². The number of nitrogens with zero attached hydrogens (tertiary/aromatic N) is 1. The molecule has 2 nitrogen and oxygen atoms in total. The highest BCUT2D eigenvalue weighted by Crippen LogP contribution is 2.33. The minimum Gasteiger partial charge on any atom is -0.329 e. The van der Waals surface area contributed by atoms with E-state index in [1.807, 2.05) is 0 Å². The van der Waals surface area contributed by atoms with Crippen LogP contribution in [0.4, 0.5) is 0 Å². The average Bonchev–Trinajstić information content (AvgIpc) is 2.30. The predicted octanol–water partition coefficient (Wildman–Crippen LogP) is 2.51. The summed E-state index contributed by atoms with van der Waals surface area (Å²) in [6.07, 6.45) is 0. The third-order valence-electron chi connectivity index (χ3n) is 3.30. The minimum atomic E-state index is 0.348. The first-order valence-corrected chi connectivity index (χ1v) is 7.24. The first-order valence-electron chi connectivity index (χ1n) is 6.25. The maximum atomic E-state index is 5.98. The molecule has 2 N–H and O–H groups in total. The lowest BCUT2D eigenvalue weighted by Crippen LogP contribution is -2.46. The van der Waals surface area contributed by atoms with Crippen molar-refractivity contribution < 1.29 is 0 Å². The molecule has 0 saturated carbocycles. The molecule has 94 valence electrons. The van der Waals surface area contributed by atoms with E-state index in [-0.39, 0.29) is 0 Å². The van der Waals surface area contributed by atoms with Crippen LogP contribution < -0.4 is 5.73 Å². The largest absolute Gasteiger partial charge is 0.329 e. The number of rotatable bonds is 3. The van der Waals surface area contributed by atoms with Crippen LogP contribution in [0.25, 0.3) is 0 Å². The molecule has 0 aromatic heterocycles. The second kappa shape index (κ2) is 5.42. The zero-order valence-corrected chi connectivity index (χ0v) is 11.5. The summed E-state index contributed by atoms with van der Waals surface area (Å²) in [7, 11) is 0. The van der Waals surface area contributed by atoms with Gasteiger partial charge in [0.15, 0.2) is 0 Å². The fourth-order valence-electron chi connectivity index (χ4n) is 2.49. The van der Waals surface area contributed by atoms with Crippen LogP contribution in [0.15, 0.2) is 30.3 Å². The zero-order chi connectivity index (χ0) is 12.3. The Morgan fingerprint density at radius 1 is 1.35 bits per heavy atom. The van der Waals surface area contributed by atoms with Gasteiger partial charge in [-0.15, -0.1) is 0 Å². The van der Waals surface area contributed by atoms with Crippen molar-refractivity contribution in [3.63, 3.8) is 0 Å². The van der Waals surface area contributed by atoms with Gasteiger partial charge in [0.05, 0.1) is 0 Å². The summed E-state index contributed by atoms with van der Waals surface area (Å²) in [5, 5.41) is 0. The molecule has 1 unspecified atom stereocenters. The lowest BCUT2D eigenvalue weighted by molar-refractivity contribution is 0.192. The van der Waals surface area contributed by atoms with Crippen LogP contribution in [-0.2, 0) is 0 Å². The van der Waals surface area contributed by atoms with Crippen molar-refractivity contribution in [3.8, 4) is 0 Å². The molecular weight excluding hydrogens is 228 g/mol. The Labute approximate surface area is 109 Å². The van der Waals surface area contributed by atoms with Crippen LogP contribution in [0.2, 0.25) is 0 Å². The fraction of sp³-hybridized carbons (Fsp3) is 0.571. The Morgan fingerprint density at radius 3 is 2.65 bits per heavy atom. The lowest BCUT2D eigenvalue weighted by Gasteiger charge is -2.41. The van der Waals surface area contributed by atoms with Crippen molar-refractivity contribution in [3.05, 3.63) is 35.9 Å². The Morgan fingerprint density at radius 2 is 2.06 bits per heavy atom. The van der Waals surface area contributed by atoms with Crippen LogP contribution in [-0.4, -0.2) is 35.0 Å². The third kappa shape index (κ3) is 3.24. The van der Waals surface area contributed by atoms with E-state index in [1.165, 1.54) is 11.3 Å². The van der Waals surface area contributed by atoms with Crippen molar-refractivity contribution in [2.24, 2.45) is 5.73 Å². The molecule has 1 saturated heterocycles. The van der Waals surface area contributed by atoms with E-state index < -0.39 is 0 Å². The highest BCUT2D eigenvalue weighted by molar-refractivity contribution is 8.00. The van der Waals surface area contributed by atoms with Crippen molar-refractivity contribution >= 4 is 11.8 Å². The first kappa shape index (κ1) is 12.9. The van der Waals surface area contributed by atoms with E-state index in [9.17, 15) is 0 Å². The number of benzene rings is 1. The first-order chi connectivity index (χ1) is 8.12. The molecule has 1 aliphatic rings. The summed E-state index contributed by atoms with van der Waals surface area (Å²) in [4.78, 5) is 2.53. The molecule has 0 amide bonds. The Bertz CT molecular complexity index is 350. The highest BCUT2D eigenvalue weighted by atomic mass is 32.2. The van der Waals surface area contributed by atoms with Crippen LogP contribution in [0.1, 0.15) is 25.5 Å². The summed E-state index contributed by atoms with van der Waals surface area (Å²) in [6, 6.07) is 11.0. The van der Waals surface area contributed by atoms with Gasteiger partial charge in [0.25, 0.3) is 0 Å². The van der Waals surface area contributed by atoms with Crippen LogP contribution in [0, 0.1) is 0 Å². The predicted molar refractivity (Wildman–Crippen MR) is 76.3 cm³/mol. The number of hydrogen-bond donors (Lipinski definition) is 1. The number of hydrogen-bond acceptors (Lipinski definition) is 3. The molecule has 0 bridgehead atoms. The SMILES string of the molecule is CC1(C)CN(C(CN)c2ccccc2)CCS1. The van der Waals surface area contributed by atoms with Crippen molar-refractivity contribution in [1.82, 2.24) is 4.90 Å². The van der Waals surface area contributed by atoms with E-state index in [2.05, 4.69) is 60.8 Å². The number of nitrogens with two attached hydrogens (primary N) is 1. The molecule has 1 aromatic carbocycles. The van der Waals surface area contributed by atoms with Gasteiger partial charge in [0.1, 0.15) is 0 Å². The van der Waals surface area contributed by atoms with Gasteiger partial charge in [-0.1, -0.05) is 30.3 Å². The van der Waals surface area contributed by atoms with Crippen LogP contribution in [0.3, 0.4) is 0 Å². The molecule has 1 fully saturated rings. The van der Waals surface area contributed by atoms with Gasteiger partial charge in [0.2, 0.25) is 0 Å². The maximum absolute atomic E-state index is 5.98. The second-order valence-electron chi connectivity index (χ2n) is 5.24. The fourth-order valence-corrected chi connectivity index (χ4v) is 3.63. The van der Waals surface area contributed by atoms with E-state index in [4.69, 9.17) is 5.73 Å². The summed E-state index contributed by atoms with van der Waals surface area (Å²) in [6.45, 7) is 7.61. The van der Waals surface area contributed by atoms with Crippen molar-refractivity contribution in [2.75, 3.05) is 25.4 Å². The standard InChI is InChI=1S/C14H22N2S/c1-14(2)11-16(8-9-17-14)13(10-15)12-6-4-3-5-7-12/h3-7,13H,8-11,15H2,1-2H3. The molecule has 0 aliphatic carbocycles. The van der Waals surface area contributed by atoms with Gasteiger partial charge in [-0.05, 0) is 19.4 Å². The Kier molecular flexibility index (Phi) is 4.13. The van der Waals surface area contributed by atoms with Crippen LogP contribution in [0.5, 0.6) is 0 Å². The van der Waals surface area contributed by atoms with E-state index in [0.29, 0.717) is 17.3 Å². The Balaban J connectivity index is 2.13. The van der Waals surface area contributed by atoms with Crippen molar-refractivity contribution in [2.45, 2.75) is 24.6 Å². The molecule has 3 heteroatoms. The van der Waals surface area contributed by atoms with Crippen molar-refractivity contribution in [1.29, 1.82) is 0 Å². The van der Waals surface area contributed by atoms with Crippen LogP contribution >= 0.6 is 11.8 Å². The van der Waals surface area contributed by atoms with E-state index >= 15 is 0 Å². The third-order valence-corrected chi connectivity index (χ3v) is 4.60. The molecule has 1 aliphatic heterocycles. The quantitative estimate of drug-likeness (QED) is 0.894. The summed E-state index contributed by atoms with van der Waals surface area (Å²) in [5.74, 6) is 1.20. The molecule has 0 radical (unpaired) electrons. The van der Waals surface area contributed by atoms with E-state index in [0.717, 1.165) is 13.1 Å².